The van der Waals surface area contributed by atoms with Crippen LogP contribution in [-0.4, -0.2) is 10.5 Å². The third-order valence-corrected chi connectivity index (χ3v) is 2.29. The highest BCUT2D eigenvalue weighted by Crippen LogP contribution is 2.18. The number of carbonyl (C=O) groups excluding carboxylic acids is 1. The van der Waals surface area contributed by atoms with E-state index in [-0.39, 0.29) is 5.91 Å². The van der Waals surface area contributed by atoms with Crippen LogP contribution in [0.25, 0.3) is 10.9 Å². The first-order valence-electron chi connectivity index (χ1n) is 4.28. The van der Waals surface area contributed by atoms with Gasteiger partial charge in [0, 0.05) is 18.5 Å². The SMILES string of the molecule is CC(=O)n1ccc2c(C)cccc21. The molecule has 2 aromatic rings. The molecule has 0 spiro atoms. The van der Waals surface area contributed by atoms with Crippen molar-refractivity contribution < 1.29 is 4.79 Å². The molecule has 0 atom stereocenters. The van der Waals surface area contributed by atoms with E-state index in [2.05, 4.69) is 0 Å². The van der Waals surface area contributed by atoms with Gasteiger partial charge in [-0.2, -0.15) is 0 Å². The van der Waals surface area contributed by atoms with Gasteiger partial charge in [-0.15, -0.1) is 0 Å². The van der Waals surface area contributed by atoms with E-state index in [1.807, 2.05) is 37.4 Å². The first-order valence-corrected chi connectivity index (χ1v) is 4.28. The molecule has 0 saturated heterocycles. The van der Waals surface area contributed by atoms with Crippen molar-refractivity contribution in [2.75, 3.05) is 0 Å². The van der Waals surface area contributed by atoms with Crippen molar-refractivity contribution in [1.82, 2.24) is 4.57 Å². The molecule has 0 aliphatic carbocycles. The minimum atomic E-state index is 0.0561. The van der Waals surface area contributed by atoms with Gasteiger partial charge in [0.15, 0.2) is 0 Å². The van der Waals surface area contributed by atoms with Crippen molar-refractivity contribution in [3.05, 3.63) is 36.0 Å². The molecule has 1 heterocycles. The standard InChI is InChI=1S/C11H11NO/c1-8-4-3-5-11-10(8)6-7-12(11)9(2)13/h3-7H,1-2H3. The van der Waals surface area contributed by atoms with Gasteiger partial charge in [-0.1, -0.05) is 12.1 Å². The molecule has 2 heteroatoms. The van der Waals surface area contributed by atoms with Gasteiger partial charge in [-0.05, 0) is 24.6 Å². The van der Waals surface area contributed by atoms with E-state index in [4.69, 9.17) is 0 Å². The fraction of sp³-hybridized carbons (Fsp3) is 0.182. The summed E-state index contributed by atoms with van der Waals surface area (Å²) in [7, 11) is 0. The summed E-state index contributed by atoms with van der Waals surface area (Å²) < 4.78 is 1.67. The molecule has 1 aromatic heterocycles. The topological polar surface area (TPSA) is 22.0 Å². The average molecular weight is 173 g/mol. The van der Waals surface area contributed by atoms with Crippen LogP contribution in [0.2, 0.25) is 0 Å². The smallest absolute Gasteiger partial charge is 0.227 e. The Kier molecular flexibility index (Phi) is 1.69. The van der Waals surface area contributed by atoms with Gasteiger partial charge >= 0.3 is 0 Å². The quantitative estimate of drug-likeness (QED) is 0.600. The Hall–Kier alpha value is -1.57. The first kappa shape index (κ1) is 8.05. The summed E-state index contributed by atoms with van der Waals surface area (Å²) in [5.41, 5.74) is 2.20. The molecule has 0 N–H and O–H groups in total. The molecule has 2 nitrogen and oxygen atoms in total. The number of fused-ring (bicyclic) bond motifs is 1. The summed E-state index contributed by atoms with van der Waals surface area (Å²) in [6.45, 7) is 3.62. The molecule has 13 heavy (non-hydrogen) atoms. The second kappa shape index (κ2) is 2.73. The summed E-state index contributed by atoms with van der Waals surface area (Å²) in [6.07, 6.45) is 1.82. The molecule has 0 fully saturated rings. The summed E-state index contributed by atoms with van der Waals surface area (Å²) in [6, 6.07) is 7.96. The highest BCUT2D eigenvalue weighted by Gasteiger charge is 2.04. The lowest BCUT2D eigenvalue weighted by atomic mass is 10.1. The summed E-state index contributed by atoms with van der Waals surface area (Å²) >= 11 is 0. The second-order valence-electron chi connectivity index (χ2n) is 3.21. The Balaban J connectivity index is 2.83. The number of rotatable bonds is 0. The van der Waals surface area contributed by atoms with E-state index >= 15 is 0 Å². The third kappa shape index (κ3) is 1.15. The Labute approximate surface area is 76.8 Å². The van der Waals surface area contributed by atoms with Crippen LogP contribution in [0.15, 0.2) is 30.5 Å². The Morgan fingerprint density at radius 2 is 2.08 bits per heavy atom. The maximum Gasteiger partial charge on any atom is 0.227 e. The van der Waals surface area contributed by atoms with E-state index in [0.717, 1.165) is 10.9 Å². The summed E-state index contributed by atoms with van der Waals surface area (Å²) in [5, 5.41) is 1.15. The van der Waals surface area contributed by atoms with E-state index in [1.54, 1.807) is 11.5 Å². The maximum atomic E-state index is 11.2. The van der Waals surface area contributed by atoms with E-state index in [0.29, 0.717) is 0 Å². The zero-order valence-electron chi connectivity index (χ0n) is 7.74. The fourth-order valence-corrected chi connectivity index (χ4v) is 1.60. The van der Waals surface area contributed by atoms with Crippen LogP contribution in [0.3, 0.4) is 0 Å². The maximum absolute atomic E-state index is 11.2. The van der Waals surface area contributed by atoms with Gasteiger partial charge in [0.05, 0.1) is 5.52 Å². The van der Waals surface area contributed by atoms with Gasteiger partial charge < -0.3 is 0 Å². The molecule has 1 aromatic carbocycles. The predicted octanol–water partition coefficient (Wildman–Crippen LogP) is 2.61. The number of hydrogen-bond donors (Lipinski definition) is 0. The van der Waals surface area contributed by atoms with Crippen molar-refractivity contribution in [3.63, 3.8) is 0 Å². The zero-order chi connectivity index (χ0) is 9.42. The van der Waals surface area contributed by atoms with Crippen LogP contribution in [0.5, 0.6) is 0 Å². The van der Waals surface area contributed by atoms with Crippen molar-refractivity contribution in [3.8, 4) is 0 Å². The zero-order valence-corrected chi connectivity index (χ0v) is 7.74. The molecule has 0 saturated carbocycles. The van der Waals surface area contributed by atoms with Crippen LogP contribution in [0.1, 0.15) is 17.3 Å². The van der Waals surface area contributed by atoms with Crippen molar-refractivity contribution >= 4 is 16.8 Å². The molecule has 2 rings (SSSR count). The molecule has 66 valence electrons. The Morgan fingerprint density at radius 3 is 2.77 bits per heavy atom. The minimum absolute atomic E-state index is 0.0561. The van der Waals surface area contributed by atoms with E-state index in [1.165, 1.54) is 5.56 Å². The number of aryl methyl sites for hydroxylation is 1. The lowest BCUT2D eigenvalue weighted by Crippen LogP contribution is -2.02. The highest BCUT2D eigenvalue weighted by molar-refractivity contribution is 5.92. The van der Waals surface area contributed by atoms with Crippen molar-refractivity contribution in [2.45, 2.75) is 13.8 Å². The average Bonchev–Trinajstić information content (AvgIpc) is 2.48. The Morgan fingerprint density at radius 1 is 1.31 bits per heavy atom. The van der Waals surface area contributed by atoms with Crippen LogP contribution in [-0.2, 0) is 0 Å². The fourth-order valence-electron chi connectivity index (χ4n) is 1.60. The lowest BCUT2D eigenvalue weighted by Gasteiger charge is -1.99. The minimum Gasteiger partial charge on any atom is -0.287 e. The predicted molar refractivity (Wildman–Crippen MR) is 53.0 cm³/mol. The second-order valence-corrected chi connectivity index (χ2v) is 3.21. The number of hydrogen-bond acceptors (Lipinski definition) is 1. The van der Waals surface area contributed by atoms with Gasteiger partial charge in [0.2, 0.25) is 5.91 Å². The number of carbonyl (C=O) groups is 1. The van der Waals surface area contributed by atoms with Crippen molar-refractivity contribution in [1.29, 1.82) is 0 Å². The molecule has 0 bridgehead atoms. The van der Waals surface area contributed by atoms with Gasteiger partial charge in [-0.3, -0.25) is 9.36 Å². The molecular formula is C11H11NO. The summed E-state index contributed by atoms with van der Waals surface area (Å²) in [5.74, 6) is 0.0561. The first-order chi connectivity index (χ1) is 6.20. The third-order valence-electron chi connectivity index (χ3n) is 2.29. The largest absolute Gasteiger partial charge is 0.287 e. The molecule has 0 unspecified atom stereocenters. The lowest BCUT2D eigenvalue weighted by molar-refractivity contribution is 0.0941. The van der Waals surface area contributed by atoms with Gasteiger partial charge in [-0.25, -0.2) is 0 Å². The Bertz CT molecular complexity index is 468. The summed E-state index contributed by atoms with van der Waals surface area (Å²) in [4.78, 5) is 11.2. The van der Waals surface area contributed by atoms with Crippen molar-refractivity contribution in [2.24, 2.45) is 0 Å². The monoisotopic (exact) mass is 173 g/mol. The molecular weight excluding hydrogens is 162 g/mol. The van der Waals surface area contributed by atoms with Gasteiger partial charge in [0.25, 0.3) is 0 Å². The van der Waals surface area contributed by atoms with Crippen LogP contribution in [0, 0.1) is 6.92 Å². The number of aromatic nitrogens is 1. The van der Waals surface area contributed by atoms with Crippen LogP contribution < -0.4 is 0 Å². The van der Waals surface area contributed by atoms with E-state index < -0.39 is 0 Å². The van der Waals surface area contributed by atoms with Crippen LogP contribution in [0.4, 0.5) is 0 Å². The highest BCUT2D eigenvalue weighted by atomic mass is 16.1. The number of benzene rings is 1. The molecule has 0 aliphatic rings. The van der Waals surface area contributed by atoms with E-state index in [9.17, 15) is 4.79 Å². The van der Waals surface area contributed by atoms with Gasteiger partial charge in [0.1, 0.15) is 0 Å². The van der Waals surface area contributed by atoms with Crippen LogP contribution >= 0.6 is 0 Å². The molecule has 0 amide bonds. The normalized spacial score (nSPS) is 10.6. The molecule has 0 aliphatic heterocycles. The number of nitrogens with zero attached hydrogens (tertiary/aromatic N) is 1. The molecule has 0 radical (unpaired) electrons.